The number of nitrogens with one attached hydrogen (secondary N) is 1. The van der Waals surface area contributed by atoms with Crippen molar-refractivity contribution >= 4 is 40.8 Å². The number of carbonyl (C=O) groups excluding carboxylic acids is 4. The molecule has 0 saturated carbocycles. The number of hydrogen-bond acceptors (Lipinski definition) is 6. The molecular weight excluding hydrogens is 621 g/mol. The Labute approximate surface area is 270 Å². The molecule has 2 unspecified atom stereocenters. The van der Waals surface area contributed by atoms with Gasteiger partial charge in [0.15, 0.2) is 0 Å². The van der Waals surface area contributed by atoms with Gasteiger partial charge in [0.2, 0.25) is 11.8 Å². The minimum atomic E-state index is -4.48. The minimum Gasteiger partial charge on any atom is -0.296 e. The van der Waals surface area contributed by atoms with Crippen molar-refractivity contribution in [3.8, 4) is 0 Å². The van der Waals surface area contributed by atoms with Gasteiger partial charge >= 0.3 is 6.18 Å². The zero-order valence-electron chi connectivity index (χ0n) is 25.8. The second-order valence-electron chi connectivity index (χ2n) is 13.5. The number of fused-ring (bicyclic) bond motifs is 1. The Hall–Kier alpha value is -3.54. The highest BCUT2D eigenvalue weighted by molar-refractivity contribution is 6.30. The van der Waals surface area contributed by atoms with Crippen molar-refractivity contribution in [2.45, 2.75) is 70.8 Å². The number of amides is 4. The van der Waals surface area contributed by atoms with Gasteiger partial charge in [-0.3, -0.25) is 39.2 Å². The summed E-state index contributed by atoms with van der Waals surface area (Å²) in [6.07, 6.45) is -1.84. The second-order valence-corrected chi connectivity index (χ2v) is 14.0. The molecule has 46 heavy (non-hydrogen) atoms. The molecule has 1 N–H and O–H groups in total. The largest absolute Gasteiger partial charge is 0.405 e. The van der Waals surface area contributed by atoms with E-state index >= 15 is 0 Å². The van der Waals surface area contributed by atoms with Crippen LogP contribution in [0.5, 0.6) is 0 Å². The highest BCUT2D eigenvalue weighted by Gasteiger charge is 2.48. The first-order valence-electron chi connectivity index (χ1n) is 15.5. The molecule has 2 aromatic carbocycles. The van der Waals surface area contributed by atoms with Crippen molar-refractivity contribution in [3.63, 3.8) is 0 Å². The zero-order valence-corrected chi connectivity index (χ0v) is 26.5. The van der Waals surface area contributed by atoms with Gasteiger partial charge in [-0.25, -0.2) is 0 Å². The third kappa shape index (κ3) is 6.50. The van der Waals surface area contributed by atoms with Gasteiger partial charge < -0.3 is 0 Å². The number of allylic oxidation sites excluding steroid dienone is 1. The molecule has 244 valence electrons. The molecule has 8 nitrogen and oxygen atoms in total. The van der Waals surface area contributed by atoms with Crippen LogP contribution in [-0.4, -0.2) is 82.8 Å². The molecule has 3 aliphatic heterocycles. The SMILES string of the molecule is CC1(C)CCC(CN2CCN(Cc3ccc4c(c3)C(=O)N(C3CCC(=O)NC3=O)C4=O)C(C(F)(F)F)C2)=C(c2ccc(Cl)cc2)C1. The minimum absolute atomic E-state index is 0.00240. The van der Waals surface area contributed by atoms with Crippen LogP contribution >= 0.6 is 11.6 Å². The number of alkyl halides is 3. The van der Waals surface area contributed by atoms with Gasteiger partial charge in [0, 0.05) is 44.2 Å². The summed E-state index contributed by atoms with van der Waals surface area (Å²) in [5, 5.41) is 2.79. The molecule has 2 fully saturated rings. The Morgan fingerprint density at radius 1 is 0.935 bits per heavy atom. The fourth-order valence-corrected chi connectivity index (χ4v) is 7.23. The Morgan fingerprint density at radius 3 is 2.35 bits per heavy atom. The average Bonchev–Trinajstić information content (AvgIpc) is 3.23. The molecule has 0 aromatic heterocycles. The quantitative estimate of drug-likeness (QED) is 0.416. The number of rotatable bonds is 6. The van der Waals surface area contributed by atoms with Crippen LogP contribution in [0, 0.1) is 5.41 Å². The van der Waals surface area contributed by atoms with E-state index in [0.29, 0.717) is 23.7 Å². The van der Waals surface area contributed by atoms with E-state index in [4.69, 9.17) is 11.6 Å². The third-order valence-electron chi connectivity index (χ3n) is 9.64. The number of halogens is 4. The Kier molecular flexibility index (Phi) is 8.62. The number of imide groups is 2. The smallest absolute Gasteiger partial charge is 0.296 e. The summed E-state index contributed by atoms with van der Waals surface area (Å²) in [5.41, 5.74) is 4.11. The van der Waals surface area contributed by atoms with Gasteiger partial charge in [0.05, 0.1) is 11.1 Å². The van der Waals surface area contributed by atoms with Crippen LogP contribution in [-0.2, 0) is 16.1 Å². The monoisotopic (exact) mass is 656 g/mol. The Morgan fingerprint density at radius 2 is 1.65 bits per heavy atom. The zero-order chi connectivity index (χ0) is 33.0. The first kappa shape index (κ1) is 32.4. The summed E-state index contributed by atoms with van der Waals surface area (Å²) in [4.78, 5) is 54.4. The normalized spacial score (nSPS) is 24.4. The molecule has 4 amide bonds. The number of carbonyl (C=O) groups is 4. The highest BCUT2D eigenvalue weighted by atomic mass is 35.5. The van der Waals surface area contributed by atoms with E-state index in [0.717, 1.165) is 29.7 Å². The Balaban J connectivity index is 1.18. The van der Waals surface area contributed by atoms with E-state index < -0.39 is 41.9 Å². The molecule has 3 heterocycles. The summed E-state index contributed by atoms with van der Waals surface area (Å²) in [7, 11) is 0. The average molecular weight is 657 g/mol. The lowest BCUT2D eigenvalue weighted by Gasteiger charge is -2.43. The van der Waals surface area contributed by atoms with E-state index in [9.17, 15) is 32.3 Å². The standard InChI is InChI=1S/C34H36ClF3N4O4/c1-33(2)12-11-22(26(16-33)21-4-6-23(35)7-5-21)18-40-13-14-41(28(19-40)34(36,37)38)17-20-3-8-24-25(15-20)32(46)42(31(24)45)27-9-10-29(43)39-30(27)44/h3-8,15,27-28H,9-14,16-19H2,1-2H3,(H,39,43,44). The molecule has 0 radical (unpaired) electrons. The fraction of sp³-hybridized carbons (Fsp3) is 0.471. The molecular formula is C34H36ClF3N4O4. The number of hydrogen-bond donors (Lipinski definition) is 1. The van der Waals surface area contributed by atoms with Gasteiger partial charge in [0.25, 0.3) is 11.8 Å². The van der Waals surface area contributed by atoms with Crippen molar-refractivity contribution in [1.29, 1.82) is 0 Å². The van der Waals surface area contributed by atoms with Gasteiger partial charge in [-0.2, -0.15) is 13.2 Å². The maximum absolute atomic E-state index is 14.5. The van der Waals surface area contributed by atoms with Crippen LogP contribution in [0.25, 0.3) is 5.57 Å². The molecule has 6 rings (SSSR count). The molecule has 2 atom stereocenters. The number of piperazine rings is 1. The van der Waals surface area contributed by atoms with Crippen molar-refractivity contribution in [1.82, 2.24) is 20.0 Å². The summed E-state index contributed by atoms with van der Waals surface area (Å²) in [6.45, 7) is 5.26. The topological polar surface area (TPSA) is 90.0 Å². The molecule has 0 spiro atoms. The van der Waals surface area contributed by atoms with Gasteiger partial charge in [0.1, 0.15) is 12.1 Å². The molecule has 2 saturated heterocycles. The first-order valence-corrected chi connectivity index (χ1v) is 15.9. The summed E-state index contributed by atoms with van der Waals surface area (Å²) >= 11 is 6.12. The van der Waals surface area contributed by atoms with Crippen LogP contribution in [0.2, 0.25) is 5.02 Å². The lowest BCUT2D eigenvalue weighted by Crippen LogP contribution is -2.58. The van der Waals surface area contributed by atoms with E-state index in [1.807, 2.05) is 29.2 Å². The summed E-state index contributed by atoms with van der Waals surface area (Å²) in [6, 6.07) is 9.27. The lowest BCUT2D eigenvalue weighted by molar-refractivity contribution is -0.198. The predicted molar refractivity (Wildman–Crippen MR) is 166 cm³/mol. The van der Waals surface area contributed by atoms with E-state index in [1.54, 1.807) is 6.07 Å². The maximum Gasteiger partial charge on any atom is 0.405 e. The molecule has 0 bridgehead atoms. The van der Waals surface area contributed by atoms with Crippen LogP contribution in [0.1, 0.15) is 77.8 Å². The number of piperidine rings is 1. The van der Waals surface area contributed by atoms with Gasteiger partial charge in [-0.05, 0) is 72.1 Å². The van der Waals surface area contributed by atoms with Crippen molar-refractivity contribution in [2.75, 3.05) is 26.2 Å². The lowest BCUT2D eigenvalue weighted by atomic mass is 9.72. The molecule has 12 heteroatoms. The van der Waals surface area contributed by atoms with E-state index in [-0.39, 0.29) is 49.0 Å². The molecule has 1 aliphatic carbocycles. The first-order chi connectivity index (χ1) is 21.7. The van der Waals surface area contributed by atoms with E-state index in [2.05, 4.69) is 19.2 Å². The molecule has 2 aromatic rings. The van der Waals surface area contributed by atoms with Crippen LogP contribution in [0.15, 0.2) is 48.0 Å². The predicted octanol–water partition coefficient (Wildman–Crippen LogP) is 5.45. The maximum atomic E-state index is 14.5. The van der Waals surface area contributed by atoms with E-state index in [1.165, 1.54) is 28.2 Å². The van der Waals surface area contributed by atoms with Crippen LogP contribution < -0.4 is 5.32 Å². The second kappa shape index (κ2) is 12.2. The van der Waals surface area contributed by atoms with Crippen LogP contribution in [0.4, 0.5) is 13.2 Å². The Bertz CT molecular complexity index is 1620. The highest BCUT2D eigenvalue weighted by Crippen LogP contribution is 2.43. The van der Waals surface area contributed by atoms with Gasteiger partial charge in [-0.15, -0.1) is 0 Å². The number of benzene rings is 2. The summed E-state index contributed by atoms with van der Waals surface area (Å²) in [5.74, 6) is -2.53. The summed E-state index contributed by atoms with van der Waals surface area (Å²) < 4.78 is 43.6. The third-order valence-corrected chi connectivity index (χ3v) is 9.89. The molecule has 4 aliphatic rings. The number of nitrogens with zero attached hydrogens (tertiary/aromatic N) is 3. The van der Waals surface area contributed by atoms with Crippen molar-refractivity contribution in [3.05, 3.63) is 75.3 Å². The van der Waals surface area contributed by atoms with Crippen LogP contribution in [0.3, 0.4) is 0 Å². The van der Waals surface area contributed by atoms with Crippen molar-refractivity contribution < 1.29 is 32.3 Å². The van der Waals surface area contributed by atoms with Gasteiger partial charge in [-0.1, -0.05) is 49.2 Å². The van der Waals surface area contributed by atoms with Crippen molar-refractivity contribution in [2.24, 2.45) is 5.41 Å². The fourth-order valence-electron chi connectivity index (χ4n) is 7.11.